The van der Waals surface area contributed by atoms with Gasteiger partial charge in [-0.1, -0.05) is 42.5 Å². The summed E-state index contributed by atoms with van der Waals surface area (Å²) < 4.78 is 17.9. The number of aliphatic hydroxyl groups is 5. The number of carbonyl (C=O) groups excluding carboxylic acids is 3. The van der Waals surface area contributed by atoms with Crippen LogP contribution in [-0.4, -0.2) is 123 Å². The molecule has 0 amide bonds. The third kappa shape index (κ3) is 6.44. The number of aliphatic imine (C=N–C) groups is 3. The summed E-state index contributed by atoms with van der Waals surface area (Å²) in [6, 6.07) is 14.5. The molecule has 3 heterocycles. The summed E-state index contributed by atoms with van der Waals surface area (Å²) in [5.74, 6) is -2.71. The number of amidine groups is 1. The summed E-state index contributed by atoms with van der Waals surface area (Å²) in [6.07, 6.45) is -9.84. The van der Waals surface area contributed by atoms with Gasteiger partial charge in [0.25, 0.3) is 5.84 Å². The molecule has 0 spiro atoms. The molecule has 4 aliphatic rings. The van der Waals surface area contributed by atoms with Crippen molar-refractivity contribution in [3.63, 3.8) is 0 Å². The van der Waals surface area contributed by atoms with Crippen LogP contribution in [0.15, 0.2) is 69.6 Å². The molecule has 7 N–H and O–H groups in total. The predicted octanol–water partition coefficient (Wildman–Crippen LogP) is -2.41. The molecular weight excluding hydrogens is 694 g/mol. The number of guanidine groups is 1. The maximum absolute atomic E-state index is 14.2. The van der Waals surface area contributed by atoms with Crippen LogP contribution in [0.1, 0.15) is 49.4 Å². The van der Waals surface area contributed by atoms with E-state index >= 15 is 0 Å². The molecule has 53 heavy (non-hydrogen) atoms. The van der Waals surface area contributed by atoms with E-state index in [0.717, 1.165) is 0 Å². The lowest BCUT2D eigenvalue weighted by atomic mass is 9.81. The highest BCUT2D eigenvalue weighted by Gasteiger charge is 2.46. The molecule has 0 radical (unpaired) electrons. The van der Waals surface area contributed by atoms with E-state index in [9.17, 15) is 45.0 Å². The second-order valence-electron chi connectivity index (χ2n) is 12.7. The Hall–Kier alpha value is -5.53. The van der Waals surface area contributed by atoms with Gasteiger partial charge in [-0.3, -0.25) is 15.0 Å². The van der Waals surface area contributed by atoms with Crippen LogP contribution in [0.2, 0.25) is 0 Å². The van der Waals surface area contributed by atoms with Crippen molar-refractivity contribution < 1.29 is 64.1 Å². The van der Waals surface area contributed by atoms with Gasteiger partial charge in [0.05, 0.1) is 18.3 Å². The number of quaternary nitrogens is 1. The first kappa shape index (κ1) is 35.9. The third-order valence-electron chi connectivity index (χ3n) is 9.33. The second kappa shape index (κ2) is 14.5. The Morgan fingerprint density at radius 3 is 2.42 bits per heavy atom. The molecule has 274 valence electrons. The van der Waals surface area contributed by atoms with Gasteiger partial charge in [-0.25, -0.2) is 14.9 Å². The zero-order chi connectivity index (χ0) is 37.6. The first-order chi connectivity index (χ1) is 25.5. The number of benzene rings is 3. The fraction of sp³-hybridized carbons (Fsp3) is 0.306. The molecule has 1 aliphatic carbocycles. The van der Waals surface area contributed by atoms with Crippen LogP contribution in [0.4, 0.5) is 5.69 Å². The number of carbonyl (C=O) groups is 3. The molecule has 0 bridgehead atoms. The van der Waals surface area contributed by atoms with E-state index < -0.39 is 73.4 Å². The van der Waals surface area contributed by atoms with Gasteiger partial charge in [-0.15, -0.1) is 0 Å². The molecule has 0 saturated carbocycles. The van der Waals surface area contributed by atoms with Crippen molar-refractivity contribution in [3.8, 4) is 11.5 Å². The maximum atomic E-state index is 14.2. The van der Waals surface area contributed by atoms with E-state index in [0.29, 0.717) is 22.4 Å². The molecule has 7 unspecified atom stereocenters. The minimum atomic E-state index is -1.89. The third-order valence-corrected chi connectivity index (χ3v) is 9.33. The summed E-state index contributed by atoms with van der Waals surface area (Å²) in [6.45, 7) is -1.26. The lowest BCUT2D eigenvalue weighted by Crippen LogP contribution is -3.09. The molecule has 3 aliphatic heterocycles. The Morgan fingerprint density at radius 1 is 0.962 bits per heavy atom. The fourth-order valence-corrected chi connectivity index (χ4v) is 6.70. The maximum Gasteiger partial charge on any atom is 0.262 e. The van der Waals surface area contributed by atoms with Gasteiger partial charge in [0.1, 0.15) is 43.0 Å². The average Bonchev–Trinajstić information content (AvgIpc) is 3.58. The Kier molecular flexibility index (Phi) is 9.79. The number of hydrogen-bond donors (Lipinski definition) is 7. The van der Waals surface area contributed by atoms with Crippen molar-refractivity contribution in [3.05, 3.63) is 88.0 Å². The van der Waals surface area contributed by atoms with E-state index in [2.05, 4.69) is 15.0 Å². The van der Waals surface area contributed by atoms with Crippen LogP contribution in [0.5, 0.6) is 11.5 Å². The number of fused-ring (bicyclic) bond motifs is 3. The number of ketones is 2. The van der Waals surface area contributed by atoms with Crippen molar-refractivity contribution in [1.82, 2.24) is 0 Å². The molecule has 1 fully saturated rings. The first-order valence-corrected chi connectivity index (χ1v) is 16.5. The molecule has 17 heteroatoms. The molecule has 17 nitrogen and oxygen atoms in total. The first-order valence-electron chi connectivity index (χ1n) is 16.5. The van der Waals surface area contributed by atoms with Gasteiger partial charge in [-0.05, 0) is 12.1 Å². The number of aliphatic hydroxyl groups excluding tert-OH is 5. The van der Waals surface area contributed by atoms with Gasteiger partial charge in [-0.2, -0.15) is 4.99 Å². The standard InChI is InChI=1S/C36H33N5O12/c37-36-39-33-25(34(50)40-36)38-15-41(33)22-8-4-1-5-16(22)11-17-12-21-24(27(46)20-7-3-2-6-19(20)26(21)45)32(51-14-18(44)9-10-42)31(17)53-35-30(49)29(48)28(47)23(13-43)52-35/h1-8,10,12,18,23,28-30,35,43-44,47-49H,9,11,13-15H2,(H2,37,40,50). The number of hydrogen-bond acceptors (Lipinski definition) is 14. The van der Waals surface area contributed by atoms with Crippen LogP contribution < -0.4 is 19.5 Å². The molecule has 7 rings (SSSR count). The van der Waals surface area contributed by atoms with Crippen molar-refractivity contribution in [1.29, 1.82) is 5.41 Å². The number of nitrogens with one attached hydrogen (secondary N) is 2. The lowest BCUT2D eigenvalue weighted by Gasteiger charge is -2.40. The summed E-state index contributed by atoms with van der Waals surface area (Å²) in [5.41, 5.74) is 1.24. The Labute approximate surface area is 300 Å². The summed E-state index contributed by atoms with van der Waals surface area (Å²) in [4.78, 5) is 52.0. The molecule has 3 aromatic carbocycles. The molecule has 7 atom stereocenters. The zero-order valence-electron chi connectivity index (χ0n) is 27.7. The smallest absolute Gasteiger partial charge is 0.262 e. The number of rotatable bonds is 11. The van der Waals surface area contributed by atoms with Crippen LogP contribution in [-0.2, 0) is 16.0 Å². The van der Waals surface area contributed by atoms with Crippen molar-refractivity contribution >= 4 is 46.9 Å². The van der Waals surface area contributed by atoms with Crippen LogP contribution in [0, 0.1) is 5.41 Å². The SMILES string of the molecule is N=C1N=C([O-])C2=NC[NH+](c3ccccc3Cc3cc4c(c(OCC(O)CC=O)c3OC3OC(CO)C(O)C(O)C3O)C(=O)c3ccccc3C4=O)C2=N1. The van der Waals surface area contributed by atoms with Crippen LogP contribution in [0.25, 0.3) is 0 Å². The molecular formula is C36H33N5O12. The van der Waals surface area contributed by atoms with Crippen LogP contribution in [0.3, 0.4) is 0 Å². The van der Waals surface area contributed by atoms with Crippen molar-refractivity contribution in [2.45, 2.75) is 49.7 Å². The normalized spacial score (nSPS) is 25.4. The minimum Gasteiger partial charge on any atom is -0.857 e. The van der Waals surface area contributed by atoms with E-state index in [1.807, 2.05) is 0 Å². The number of aldehydes is 1. The van der Waals surface area contributed by atoms with E-state index in [1.54, 1.807) is 36.4 Å². The average molecular weight is 728 g/mol. The van der Waals surface area contributed by atoms with Gasteiger partial charge >= 0.3 is 0 Å². The van der Waals surface area contributed by atoms with Gasteiger partial charge in [0.15, 0.2) is 35.4 Å². The number of nitrogens with zero attached hydrogens (tertiary/aromatic N) is 3. The highest BCUT2D eigenvalue weighted by Crippen LogP contribution is 2.44. The van der Waals surface area contributed by atoms with Gasteiger partial charge < -0.3 is 49.6 Å². The summed E-state index contributed by atoms with van der Waals surface area (Å²) in [7, 11) is 0. The Bertz CT molecular complexity index is 2110. The van der Waals surface area contributed by atoms with Crippen molar-refractivity contribution in [2.75, 3.05) is 19.9 Å². The van der Waals surface area contributed by atoms with E-state index in [4.69, 9.17) is 19.6 Å². The summed E-state index contributed by atoms with van der Waals surface area (Å²) in [5, 5.41) is 72.8. The largest absolute Gasteiger partial charge is 0.857 e. The van der Waals surface area contributed by atoms with Crippen LogP contribution >= 0.6 is 0 Å². The topological polar surface area (TPSA) is 268 Å². The van der Waals surface area contributed by atoms with Crippen molar-refractivity contribution in [2.24, 2.45) is 15.0 Å². The molecule has 1 saturated heterocycles. The van der Waals surface area contributed by atoms with Gasteiger partial charge in [0, 0.05) is 46.6 Å². The number of ether oxygens (including phenoxy) is 3. The summed E-state index contributed by atoms with van der Waals surface area (Å²) >= 11 is 0. The zero-order valence-corrected chi connectivity index (χ0v) is 27.7. The highest BCUT2D eigenvalue weighted by molar-refractivity contribution is 6.66. The minimum absolute atomic E-state index is 0.0126. The fourth-order valence-electron chi connectivity index (χ4n) is 6.70. The van der Waals surface area contributed by atoms with Gasteiger partial charge in [0.2, 0.25) is 12.2 Å². The highest BCUT2D eigenvalue weighted by atomic mass is 16.7. The second-order valence-corrected chi connectivity index (χ2v) is 12.7. The Morgan fingerprint density at radius 2 is 1.68 bits per heavy atom. The van der Waals surface area contributed by atoms with E-state index in [-0.39, 0.29) is 70.4 Å². The van der Waals surface area contributed by atoms with E-state index in [1.165, 1.54) is 18.2 Å². The monoisotopic (exact) mass is 727 g/mol. The predicted molar refractivity (Wildman–Crippen MR) is 181 cm³/mol. The lowest BCUT2D eigenvalue weighted by molar-refractivity contribution is -0.723. The number of para-hydroxylation sites is 1. The quantitative estimate of drug-likeness (QED) is 0.0797. The molecule has 3 aromatic rings. The Balaban J connectivity index is 1.40. The molecule has 0 aromatic heterocycles.